The van der Waals surface area contributed by atoms with Gasteiger partial charge in [-0.2, -0.15) is 5.26 Å². The van der Waals surface area contributed by atoms with Crippen LogP contribution in [-0.2, 0) is 6.54 Å². The van der Waals surface area contributed by atoms with Crippen LogP contribution < -0.4 is 11.1 Å². The third-order valence-corrected chi connectivity index (χ3v) is 2.78. The number of hydrogen-bond donors (Lipinski definition) is 2. The van der Waals surface area contributed by atoms with Crippen molar-refractivity contribution < 1.29 is 4.79 Å². The summed E-state index contributed by atoms with van der Waals surface area (Å²) in [7, 11) is 0. The van der Waals surface area contributed by atoms with Gasteiger partial charge in [0, 0.05) is 12.1 Å². The van der Waals surface area contributed by atoms with Crippen LogP contribution >= 0.6 is 11.6 Å². The molecule has 1 heterocycles. The Morgan fingerprint density at radius 3 is 2.90 bits per heavy atom. The summed E-state index contributed by atoms with van der Waals surface area (Å²) in [5.41, 5.74) is 7.26. The van der Waals surface area contributed by atoms with Gasteiger partial charge in [-0.1, -0.05) is 23.7 Å². The minimum absolute atomic E-state index is 0.168. The van der Waals surface area contributed by atoms with E-state index in [4.69, 9.17) is 22.6 Å². The average Bonchev–Trinajstić information content (AvgIpc) is 2.44. The molecule has 1 aromatic carbocycles. The molecule has 5 nitrogen and oxygen atoms in total. The van der Waals surface area contributed by atoms with Gasteiger partial charge in [0.15, 0.2) is 0 Å². The Bertz CT molecular complexity index is 674. The van der Waals surface area contributed by atoms with Crippen molar-refractivity contribution >= 4 is 23.3 Å². The van der Waals surface area contributed by atoms with Gasteiger partial charge in [-0.15, -0.1) is 0 Å². The molecule has 2 aromatic rings. The molecule has 0 bridgehead atoms. The lowest BCUT2D eigenvalue weighted by Gasteiger charge is -2.06. The lowest BCUT2D eigenvalue weighted by molar-refractivity contribution is 0.0951. The SMILES string of the molecule is N#Cc1cccc(CNC(=O)c2cc(N)nc(Cl)c2)c1. The fourth-order valence-electron chi connectivity index (χ4n) is 1.68. The van der Waals surface area contributed by atoms with Crippen LogP contribution in [0.1, 0.15) is 21.5 Å². The van der Waals surface area contributed by atoms with E-state index < -0.39 is 0 Å². The van der Waals surface area contributed by atoms with Crippen LogP contribution in [-0.4, -0.2) is 10.9 Å². The van der Waals surface area contributed by atoms with Crippen molar-refractivity contribution in [2.45, 2.75) is 6.54 Å². The number of carbonyl (C=O) groups excluding carboxylic acids is 1. The molecule has 1 aromatic heterocycles. The number of halogens is 1. The number of rotatable bonds is 3. The highest BCUT2D eigenvalue weighted by Gasteiger charge is 2.08. The molecule has 1 amide bonds. The predicted octanol–water partition coefficient (Wildman–Crippen LogP) is 2.12. The van der Waals surface area contributed by atoms with E-state index in [0.29, 0.717) is 17.7 Å². The van der Waals surface area contributed by atoms with Crippen LogP contribution in [0.5, 0.6) is 0 Å². The molecule has 0 unspecified atom stereocenters. The first-order valence-electron chi connectivity index (χ1n) is 5.79. The molecule has 0 spiro atoms. The topological polar surface area (TPSA) is 91.8 Å². The summed E-state index contributed by atoms with van der Waals surface area (Å²) in [5, 5.41) is 11.7. The lowest BCUT2D eigenvalue weighted by Crippen LogP contribution is -2.23. The molecule has 0 saturated carbocycles. The summed E-state index contributed by atoms with van der Waals surface area (Å²) in [6.07, 6.45) is 0. The first-order chi connectivity index (χ1) is 9.58. The summed E-state index contributed by atoms with van der Waals surface area (Å²) in [5.74, 6) is -0.113. The van der Waals surface area contributed by atoms with Crippen LogP contribution in [0.4, 0.5) is 5.82 Å². The predicted molar refractivity (Wildman–Crippen MR) is 76.0 cm³/mol. The molecular weight excluding hydrogens is 276 g/mol. The van der Waals surface area contributed by atoms with Gasteiger partial charge in [0.25, 0.3) is 5.91 Å². The van der Waals surface area contributed by atoms with E-state index in [1.165, 1.54) is 12.1 Å². The molecule has 0 fully saturated rings. The van der Waals surface area contributed by atoms with Crippen molar-refractivity contribution in [2.24, 2.45) is 0 Å². The highest BCUT2D eigenvalue weighted by molar-refractivity contribution is 6.29. The number of anilines is 1. The molecule has 2 rings (SSSR count). The van der Waals surface area contributed by atoms with Gasteiger partial charge in [0.2, 0.25) is 0 Å². The molecule has 6 heteroatoms. The van der Waals surface area contributed by atoms with Gasteiger partial charge in [-0.05, 0) is 29.8 Å². The molecule has 0 saturated heterocycles. The number of nitrogens with two attached hydrogens (primary N) is 1. The number of benzene rings is 1. The molecule has 100 valence electrons. The largest absolute Gasteiger partial charge is 0.384 e. The minimum atomic E-state index is -0.302. The molecule has 0 aliphatic rings. The van der Waals surface area contributed by atoms with E-state index >= 15 is 0 Å². The van der Waals surface area contributed by atoms with E-state index in [9.17, 15) is 4.79 Å². The van der Waals surface area contributed by atoms with E-state index in [-0.39, 0.29) is 16.9 Å². The number of aromatic nitrogens is 1. The molecule has 0 atom stereocenters. The van der Waals surface area contributed by atoms with Gasteiger partial charge in [-0.25, -0.2) is 4.98 Å². The van der Waals surface area contributed by atoms with Gasteiger partial charge < -0.3 is 11.1 Å². The number of carbonyl (C=O) groups is 1. The van der Waals surface area contributed by atoms with Crippen molar-refractivity contribution in [3.63, 3.8) is 0 Å². The van der Waals surface area contributed by atoms with E-state index in [0.717, 1.165) is 5.56 Å². The van der Waals surface area contributed by atoms with Crippen molar-refractivity contribution in [1.29, 1.82) is 5.26 Å². The Labute approximate surface area is 121 Å². The van der Waals surface area contributed by atoms with Crippen molar-refractivity contribution in [3.05, 3.63) is 58.2 Å². The second-order valence-corrected chi connectivity index (χ2v) is 4.49. The van der Waals surface area contributed by atoms with Gasteiger partial charge >= 0.3 is 0 Å². The standard InChI is InChI=1S/C14H11ClN4O/c15-12-5-11(6-13(17)19-12)14(20)18-8-10-3-1-2-9(4-10)7-16/h1-6H,8H2,(H2,17,19)(H,18,20). The van der Waals surface area contributed by atoms with Crippen LogP contribution in [0.15, 0.2) is 36.4 Å². The molecular formula is C14H11ClN4O. The van der Waals surface area contributed by atoms with E-state index in [1.54, 1.807) is 18.2 Å². The van der Waals surface area contributed by atoms with Crippen molar-refractivity contribution in [1.82, 2.24) is 10.3 Å². The summed E-state index contributed by atoms with van der Waals surface area (Å²) >= 11 is 5.74. The number of nitriles is 1. The number of hydrogen-bond acceptors (Lipinski definition) is 4. The number of nitrogens with one attached hydrogen (secondary N) is 1. The molecule has 3 N–H and O–H groups in total. The number of nitrogen functional groups attached to an aromatic ring is 1. The smallest absolute Gasteiger partial charge is 0.251 e. The fourth-order valence-corrected chi connectivity index (χ4v) is 1.90. The summed E-state index contributed by atoms with van der Waals surface area (Å²) in [6.45, 7) is 0.314. The first kappa shape index (κ1) is 13.8. The lowest BCUT2D eigenvalue weighted by atomic mass is 10.1. The van der Waals surface area contributed by atoms with Crippen LogP contribution in [0.25, 0.3) is 0 Å². The highest BCUT2D eigenvalue weighted by atomic mass is 35.5. The summed E-state index contributed by atoms with van der Waals surface area (Å²) in [4.78, 5) is 15.7. The van der Waals surface area contributed by atoms with Crippen LogP contribution in [0, 0.1) is 11.3 Å². The molecule has 0 aliphatic carbocycles. The Kier molecular flexibility index (Phi) is 4.18. The Morgan fingerprint density at radius 2 is 2.20 bits per heavy atom. The van der Waals surface area contributed by atoms with E-state index in [2.05, 4.69) is 10.3 Å². The second kappa shape index (κ2) is 6.04. The zero-order valence-corrected chi connectivity index (χ0v) is 11.2. The molecule has 0 aliphatic heterocycles. The first-order valence-corrected chi connectivity index (χ1v) is 6.16. The number of amides is 1. The quantitative estimate of drug-likeness (QED) is 0.845. The summed E-state index contributed by atoms with van der Waals surface area (Å²) in [6, 6.07) is 12.0. The van der Waals surface area contributed by atoms with Gasteiger partial charge in [0.1, 0.15) is 11.0 Å². The maximum Gasteiger partial charge on any atom is 0.251 e. The Morgan fingerprint density at radius 1 is 1.40 bits per heavy atom. The fraction of sp³-hybridized carbons (Fsp3) is 0.0714. The number of nitrogens with zero attached hydrogens (tertiary/aromatic N) is 2. The highest BCUT2D eigenvalue weighted by Crippen LogP contribution is 2.12. The summed E-state index contributed by atoms with van der Waals surface area (Å²) < 4.78 is 0. The maximum absolute atomic E-state index is 12.0. The minimum Gasteiger partial charge on any atom is -0.384 e. The molecule has 20 heavy (non-hydrogen) atoms. The zero-order chi connectivity index (χ0) is 14.5. The Balaban J connectivity index is 2.06. The second-order valence-electron chi connectivity index (χ2n) is 4.10. The third kappa shape index (κ3) is 3.46. The molecule has 0 radical (unpaired) electrons. The Hall–Kier alpha value is -2.58. The van der Waals surface area contributed by atoms with Gasteiger partial charge in [-0.3, -0.25) is 4.79 Å². The van der Waals surface area contributed by atoms with Gasteiger partial charge in [0.05, 0.1) is 11.6 Å². The average molecular weight is 287 g/mol. The van der Waals surface area contributed by atoms with Crippen LogP contribution in [0.3, 0.4) is 0 Å². The van der Waals surface area contributed by atoms with E-state index in [1.807, 2.05) is 12.1 Å². The maximum atomic E-state index is 12.0. The normalized spacial score (nSPS) is 9.80. The monoisotopic (exact) mass is 286 g/mol. The third-order valence-electron chi connectivity index (χ3n) is 2.59. The van der Waals surface area contributed by atoms with Crippen molar-refractivity contribution in [2.75, 3.05) is 5.73 Å². The van der Waals surface area contributed by atoms with Crippen LogP contribution in [0.2, 0.25) is 5.15 Å². The number of pyridine rings is 1. The zero-order valence-electron chi connectivity index (χ0n) is 10.4. The van der Waals surface area contributed by atoms with Crippen molar-refractivity contribution in [3.8, 4) is 6.07 Å².